The van der Waals surface area contributed by atoms with Crippen LogP contribution < -0.4 is 5.32 Å². The minimum atomic E-state index is -4.00. The SMILES string of the molecule is CC[C@@H](C)CN(C[C@@H](O)[C@H](Cc1ccccc1)NC(=O)[C@@H]1CN(Cc2ccccc2)C(=O)O1)S(=O)(=O)c1ccc2ncsc2c1. The highest BCUT2D eigenvalue weighted by Crippen LogP contribution is 2.26. The number of carbonyl (C=O) groups is 2. The number of fused-ring (bicyclic) bond motifs is 1. The predicted molar refractivity (Wildman–Crippen MR) is 173 cm³/mol. The second-order valence-electron chi connectivity index (χ2n) is 11.4. The van der Waals surface area contributed by atoms with E-state index in [9.17, 15) is 23.1 Å². The van der Waals surface area contributed by atoms with E-state index >= 15 is 0 Å². The maximum Gasteiger partial charge on any atom is 0.411 e. The number of hydrogen-bond donors (Lipinski definition) is 2. The molecule has 4 aromatic rings. The number of nitrogens with zero attached hydrogens (tertiary/aromatic N) is 3. The fraction of sp³-hybridized carbons (Fsp3) is 0.364. The van der Waals surface area contributed by atoms with E-state index in [0.717, 1.165) is 22.2 Å². The standard InChI is InChI=1S/C33H38N4O6S2/c1-3-23(2)18-37(45(41,42)26-14-15-27-31(17-26)44-22-34-27)20-29(38)28(16-24-10-6-4-7-11-24)35-32(39)30-21-36(33(40)43-30)19-25-12-8-5-9-13-25/h4-15,17,22-23,28-30,38H,3,16,18-21H2,1-2H3,(H,35,39)/t23-,28+,29-,30+/m1/s1. The first kappa shape index (κ1) is 32.6. The molecule has 1 aliphatic heterocycles. The molecule has 4 atom stereocenters. The average Bonchev–Trinajstić information content (AvgIpc) is 3.67. The van der Waals surface area contributed by atoms with Crippen molar-refractivity contribution >= 4 is 43.6 Å². The number of hydrogen-bond acceptors (Lipinski definition) is 8. The molecule has 1 aliphatic rings. The van der Waals surface area contributed by atoms with E-state index in [1.807, 2.05) is 74.5 Å². The number of carbonyl (C=O) groups excluding carboxylic acids is 2. The summed E-state index contributed by atoms with van der Waals surface area (Å²) in [6.07, 6.45) is -1.95. The summed E-state index contributed by atoms with van der Waals surface area (Å²) in [6.45, 7) is 4.25. The van der Waals surface area contributed by atoms with Gasteiger partial charge in [0.2, 0.25) is 10.0 Å². The van der Waals surface area contributed by atoms with E-state index in [2.05, 4.69) is 10.3 Å². The first-order valence-corrected chi connectivity index (χ1v) is 17.3. The van der Waals surface area contributed by atoms with Crippen molar-refractivity contribution in [2.75, 3.05) is 19.6 Å². The molecule has 238 valence electrons. The maximum absolute atomic E-state index is 14.0. The van der Waals surface area contributed by atoms with Crippen LogP contribution in [0.4, 0.5) is 4.79 Å². The molecule has 1 saturated heterocycles. The normalized spacial score (nSPS) is 17.3. The van der Waals surface area contributed by atoms with Crippen LogP contribution in [0.3, 0.4) is 0 Å². The molecule has 0 radical (unpaired) electrons. The smallest absolute Gasteiger partial charge is 0.411 e. The Labute approximate surface area is 267 Å². The molecule has 2 amide bonds. The Bertz CT molecular complexity index is 1700. The number of cyclic esters (lactones) is 1. The Morgan fingerprint density at radius 1 is 1.09 bits per heavy atom. The lowest BCUT2D eigenvalue weighted by Gasteiger charge is -2.31. The maximum atomic E-state index is 14.0. The van der Waals surface area contributed by atoms with Crippen LogP contribution in [0, 0.1) is 5.92 Å². The quantitative estimate of drug-likeness (QED) is 0.207. The highest BCUT2D eigenvalue weighted by Gasteiger charge is 2.38. The molecule has 1 fully saturated rings. The van der Waals surface area contributed by atoms with Crippen molar-refractivity contribution < 1.29 is 27.9 Å². The molecular formula is C33H38N4O6S2. The molecule has 5 rings (SSSR count). The molecule has 10 nitrogen and oxygen atoms in total. The number of aromatic nitrogens is 1. The van der Waals surface area contributed by atoms with Gasteiger partial charge in [-0.05, 0) is 41.7 Å². The van der Waals surface area contributed by atoms with Gasteiger partial charge in [0.15, 0.2) is 6.10 Å². The number of thiazole rings is 1. The fourth-order valence-corrected chi connectivity index (χ4v) is 7.63. The van der Waals surface area contributed by atoms with Gasteiger partial charge in [0.05, 0.1) is 39.3 Å². The van der Waals surface area contributed by atoms with Crippen LogP contribution in [-0.2, 0) is 32.5 Å². The van der Waals surface area contributed by atoms with E-state index in [-0.39, 0.29) is 36.9 Å². The van der Waals surface area contributed by atoms with E-state index in [4.69, 9.17) is 4.74 Å². The van der Waals surface area contributed by atoms with Crippen molar-refractivity contribution in [3.05, 3.63) is 95.5 Å². The minimum Gasteiger partial charge on any atom is -0.434 e. The Morgan fingerprint density at radius 3 is 2.47 bits per heavy atom. The molecule has 0 unspecified atom stereocenters. The molecular weight excluding hydrogens is 613 g/mol. The summed E-state index contributed by atoms with van der Waals surface area (Å²) in [6, 6.07) is 22.7. The van der Waals surface area contributed by atoms with Crippen LogP contribution in [0.2, 0.25) is 0 Å². The topological polar surface area (TPSA) is 129 Å². The third-order valence-corrected chi connectivity index (χ3v) is 10.6. The third-order valence-electron chi connectivity index (χ3n) is 8.03. The van der Waals surface area contributed by atoms with Crippen LogP contribution in [0.5, 0.6) is 0 Å². The predicted octanol–water partition coefficient (Wildman–Crippen LogP) is 4.44. The second-order valence-corrected chi connectivity index (χ2v) is 14.3. The van der Waals surface area contributed by atoms with Gasteiger partial charge >= 0.3 is 6.09 Å². The van der Waals surface area contributed by atoms with Crippen LogP contribution in [-0.4, -0.2) is 77.6 Å². The number of ether oxygens (including phenoxy) is 1. The first-order valence-electron chi connectivity index (χ1n) is 15.0. The summed E-state index contributed by atoms with van der Waals surface area (Å²) in [7, 11) is -4.00. The molecule has 0 bridgehead atoms. The van der Waals surface area contributed by atoms with Crippen molar-refractivity contribution in [2.45, 2.75) is 56.4 Å². The lowest BCUT2D eigenvalue weighted by Crippen LogP contribution is -2.53. The largest absolute Gasteiger partial charge is 0.434 e. The van der Waals surface area contributed by atoms with E-state index in [1.165, 1.54) is 26.6 Å². The number of sulfonamides is 1. The van der Waals surface area contributed by atoms with Crippen LogP contribution in [0.1, 0.15) is 31.4 Å². The molecule has 12 heteroatoms. The Morgan fingerprint density at radius 2 is 1.78 bits per heavy atom. The van der Waals surface area contributed by atoms with Crippen molar-refractivity contribution in [3.8, 4) is 0 Å². The summed E-state index contributed by atoms with van der Waals surface area (Å²) in [5.41, 5.74) is 4.14. The molecule has 1 aromatic heterocycles. The van der Waals surface area contributed by atoms with Gasteiger partial charge in [0.1, 0.15) is 0 Å². The van der Waals surface area contributed by atoms with Gasteiger partial charge in [-0.1, -0.05) is 80.9 Å². The molecule has 45 heavy (non-hydrogen) atoms. The van der Waals surface area contributed by atoms with Gasteiger partial charge in [0, 0.05) is 19.6 Å². The highest BCUT2D eigenvalue weighted by atomic mass is 32.2. The summed E-state index contributed by atoms with van der Waals surface area (Å²) in [4.78, 5) is 31.9. The average molecular weight is 651 g/mol. The Kier molecular flexibility index (Phi) is 10.5. The van der Waals surface area contributed by atoms with E-state index in [1.54, 1.807) is 17.6 Å². The number of aliphatic hydroxyl groups is 1. The van der Waals surface area contributed by atoms with Gasteiger partial charge in [-0.25, -0.2) is 18.2 Å². The van der Waals surface area contributed by atoms with Gasteiger partial charge in [-0.3, -0.25) is 9.69 Å². The van der Waals surface area contributed by atoms with Gasteiger partial charge < -0.3 is 15.2 Å². The monoisotopic (exact) mass is 650 g/mol. The lowest BCUT2D eigenvalue weighted by atomic mass is 10.0. The number of rotatable bonds is 14. The van der Waals surface area contributed by atoms with E-state index < -0.39 is 40.3 Å². The molecule has 2 N–H and O–H groups in total. The molecule has 0 saturated carbocycles. The number of benzene rings is 3. The van der Waals surface area contributed by atoms with Gasteiger partial charge in [-0.15, -0.1) is 11.3 Å². The molecule has 2 heterocycles. The van der Waals surface area contributed by atoms with Crippen molar-refractivity contribution in [3.63, 3.8) is 0 Å². The summed E-state index contributed by atoms with van der Waals surface area (Å²) < 4.78 is 35.4. The summed E-state index contributed by atoms with van der Waals surface area (Å²) >= 11 is 1.36. The third kappa shape index (κ3) is 8.06. The highest BCUT2D eigenvalue weighted by molar-refractivity contribution is 7.89. The minimum absolute atomic E-state index is 0.0229. The summed E-state index contributed by atoms with van der Waals surface area (Å²) in [5.74, 6) is -0.527. The van der Waals surface area contributed by atoms with Gasteiger partial charge in [-0.2, -0.15) is 4.31 Å². The lowest BCUT2D eigenvalue weighted by molar-refractivity contribution is -0.129. The van der Waals surface area contributed by atoms with Crippen molar-refractivity contribution in [2.24, 2.45) is 5.92 Å². The zero-order chi connectivity index (χ0) is 32.0. The summed E-state index contributed by atoms with van der Waals surface area (Å²) in [5, 5.41) is 14.5. The van der Waals surface area contributed by atoms with Crippen molar-refractivity contribution in [1.29, 1.82) is 0 Å². The number of nitrogens with one attached hydrogen (secondary N) is 1. The van der Waals surface area contributed by atoms with Crippen LogP contribution >= 0.6 is 11.3 Å². The van der Waals surface area contributed by atoms with Crippen LogP contribution in [0.15, 0.2) is 89.3 Å². The second kappa shape index (κ2) is 14.5. The molecule has 0 spiro atoms. The Balaban J connectivity index is 1.35. The Hall–Kier alpha value is -3.84. The zero-order valence-corrected chi connectivity index (χ0v) is 26.9. The number of aliphatic hydroxyl groups excluding tert-OH is 1. The fourth-order valence-electron chi connectivity index (χ4n) is 5.23. The molecule has 3 aromatic carbocycles. The van der Waals surface area contributed by atoms with Gasteiger partial charge in [0.25, 0.3) is 5.91 Å². The zero-order valence-electron chi connectivity index (χ0n) is 25.3. The molecule has 0 aliphatic carbocycles. The first-order chi connectivity index (χ1) is 21.6. The van der Waals surface area contributed by atoms with Crippen LogP contribution in [0.25, 0.3) is 10.2 Å². The number of amides is 2. The van der Waals surface area contributed by atoms with E-state index in [0.29, 0.717) is 12.1 Å². The van der Waals surface area contributed by atoms with Crippen molar-refractivity contribution in [1.82, 2.24) is 19.5 Å².